The molecule has 4 aromatic rings. The number of amides is 1. The summed E-state index contributed by atoms with van der Waals surface area (Å²) in [6.45, 7) is 21.8. The molecule has 0 aliphatic carbocycles. The number of rotatable bonds is 64. The molecule has 4 aromatic carbocycles. The van der Waals surface area contributed by atoms with Crippen molar-refractivity contribution in [3.05, 3.63) is 156 Å². The molecule has 0 fully saturated rings. The molecule has 0 aliphatic heterocycles. The molecule has 0 radical (unpaired) electrons. The number of allylic oxidation sites excluding steroid dienone is 1. The summed E-state index contributed by atoms with van der Waals surface area (Å²) < 4.78 is 0. The third-order valence-corrected chi connectivity index (χ3v) is 22.1. The van der Waals surface area contributed by atoms with Crippen molar-refractivity contribution in [3.8, 4) is 0 Å². The molecule has 596 valence electrons. The summed E-state index contributed by atoms with van der Waals surface area (Å²) in [7, 11) is 0. The van der Waals surface area contributed by atoms with E-state index in [-0.39, 0.29) is 203 Å². The molecule has 0 aromatic heterocycles. The lowest BCUT2D eigenvalue weighted by Gasteiger charge is -2.25. The average Bonchev–Trinajstić information content (AvgIpc) is 0.840. The number of Topliss-reactive ketones (excluding diaryl/α,β-unsaturated/α-hetero) is 12. The van der Waals surface area contributed by atoms with E-state index in [1.165, 1.54) is 6.92 Å². The van der Waals surface area contributed by atoms with Crippen molar-refractivity contribution < 1.29 is 62.3 Å². The van der Waals surface area contributed by atoms with E-state index < -0.39 is 53.3 Å². The number of hydrogen-bond donors (Lipinski definition) is 1. The normalized spacial score (nSPS) is 14.2. The van der Waals surface area contributed by atoms with Crippen molar-refractivity contribution in [2.75, 3.05) is 6.54 Å². The molecule has 0 heterocycles. The first-order chi connectivity index (χ1) is 52.2. The summed E-state index contributed by atoms with van der Waals surface area (Å²) in [5.74, 6) is -9.16. The maximum Gasteiger partial charge on any atom is 0.220 e. The zero-order valence-corrected chi connectivity index (χ0v) is 67.9. The van der Waals surface area contributed by atoms with Crippen LogP contribution in [0, 0.1) is 65.1 Å². The third-order valence-electron chi connectivity index (χ3n) is 22.1. The van der Waals surface area contributed by atoms with Crippen LogP contribution in [-0.4, -0.2) is 81.9 Å². The fourth-order valence-electron chi connectivity index (χ4n) is 15.0. The van der Waals surface area contributed by atoms with Crippen LogP contribution in [0.4, 0.5) is 0 Å². The molecular weight excluding hydrogens is 1360 g/mol. The Kier molecular flexibility index (Phi) is 45.6. The van der Waals surface area contributed by atoms with Crippen molar-refractivity contribution >= 4 is 75.3 Å². The van der Waals surface area contributed by atoms with Gasteiger partial charge in [-0.25, -0.2) is 0 Å². The van der Waals surface area contributed by atoms with E-state index in [0.29, 0.717) is 77.2 Å². The third kappa shape index (κ3) is 38.1. The monoisotopic (exact) mass is 1500 g/mol. The van der Waals surface area contributed by atoms with Gasteiger partial charge in [0, 0.05) is 156 Å². The molecule has 1 N–H and O–H groups in total. The highest BCUT2D eigenvalue weighted by atomic mass is 16.2. The summed E-state index contributed by atoms with van der Waals surface area (Å²) in [6.07, 6.45) is 11.3. The van der Waals surface area contributed by atoms with E-state index in [4.69, 9.17) is 0 Å². The first-order valence-electron chi connectivity index (χ1n) is 41.6. The number of carbonyl (C=O) groups is 13. The van der Waals surface area contributed by atoms with Crippen LogP contribution in [0.1, 0.15) is 284 Å². The Bertz CT molecular complexity index is 3480. The van der Waals surface area contributed by atoms with Crippen LogP contribution in [0.15, 0.2) is 133 Å². The van der Waals surface area contributed by atoms with Gasteiger partial charge in [0.25, 0.3) is 0 Å². The van der Waals surface area contributed by atoms with Crippen LogP contribution >= 0.6 is 0 Å². The quantitative estimate of drug-likeness (QED) is 0.0320. The van der Waals surface area contributed by atoms with Gasteiger partial charge in [0.1, 0.15) is 69.4 Å². The fraction of sp³-hybridized carbons (Fsp3) is 0.589. The lowest BCUT2D eigenvalue weighted by atomic mass is 9.76. The minimum atomic E-state index is -0.883. The smallest absolute Gasteiger partial charge is 0.220 e. The Morgan fingerprint density at radius 1 is 0.312 bits per heavy atom. The largest absolute Gasteiger partial charge is 0.356 e. The second kappa shape index (κ2) is 53.1. The van der Waals surface area contributed by atoms with E-state index in [1.807, 2.05) is 163 Å². The van der Waals surface area contributed by atoms with Gasteiger partial charge in [0.2, 0.25) is 5.91 Å². The molecule has 0 saturated heterocycles. The Balaban J connectivity index is 1.64. The summed E-state index contributed by atoms with van der Waals surface area (Å²) in [4.78, 5) is 184. The molecule has 109 heavy (non-hydrogen) atoms. The first kappa shape index (κ1) is 93.5. The average molecular weight is 1500 g/mol. The number of hydrogen-bond acceptors (Lipinski definition) is 13. The van der Waals surface area contributed by atoms with Gasteiger partial charge in [-0.2, -0.15) is 0 Å². The Hall–Kier alpha value is -7.87. The highest BCUT2D eigenvalue weighted by molar-refractivity contribution is 5.98. The van der Waals surface area contributed by atoms with Crippen molar-refractivity contribution in [2.24, 2.45) is 65.1 Å². The number of carbonyl (C=O) groups excluding carboxylic acids is 13. The molecular formula is C95H133NO13. The number of nitrogens with one attached hydrogen (secondary N) is 1. The summed E-state index contributed by atoms with van der Waals surface area (Å²) in [5.41, 5.74) is 4.17. The van der Waals surface area contributed by atoms with Crippen LogP contribution in [-0.2, 0) is 88.0 Å². The number of ketones is 12. The standard InChI is InChI=1S/C95H133NO13/c1-11-15-21-43-76(59-87(101)69(9)34-31-32-53-96-95(109)52-50-84(98)33-13-3)89(103)64-81(55-72-37-25-18-26-38-72)93(107)61-78(47-45-67(5)6)91(105)66-83(57-74-41-29-20-30-42-74)94(108)62-79(48-46-68(7)8)90(104)65-82(56-73-39-27-19-28-40-73)92(106)60-77(44-22-16-12-2)88(102)63-80(54-71-35-23-17-24-36-71)86(100)51-49-85(99)58-75(14-4)70(10)97/h17-20,23-30,35-42,68-69,75-83H,5,11-16,21-22,31-34,43-66H2,1-4,6-10H3,(H,96,109). The lowest BCUT2D eigenvalue weighted by Crippen LogP contribution is -2.32. The number of benzene rings is 4. The van der Waals surface area contributed by atoms with Crippen molar-refractivity contribution in [3.63, 3.8) is 0 Å². The molecule has 10 atom stereocenters. The fourth-order valence-corrected chi connectivity index (χ4v) is 15.0. The van der Waals surface area contributed by atoms with Gasteiger partial charge in [-0.1, -0.05) is 227 Å². The predicted octanol–water partition coefficient (Wildman–Crippen LogP) is 19.5. The summed E-state index contributed by atoms with van der Waals surface area (Å²) in [6, 6.07) is 37.8. The lowest BCUT2D eigenvalue weighted by molar-refractivity contribution is -0.136. The van der Waals surface area contributed by atoms with E-state index >= 15 is 24.0 Å². The zero-order chi connectivity index (χ0) is 80.0. The van der Waals surface area contributed by atoms with Crippen molar-refractivity contribution in [1.29, 1.82) is 0 Å². The van der Waals surface area contributed by atoms with Crippen molar-refractivity contribution in [2.45, 2.75) is 287 Å². The maximum absolute atomic E-state index is 15.5. The zero-order valence-electron chi connectivity index (χ0n) is 67.9. The Morgan fingerprint density at radius 2 is 0.661 bits per heavy atom. The molecule has 14 heteroatoms. The number of unbranched alkanes of at least 4 members (excludes halogenated alkanes) is 5. The van der Waals surface area contributed by atoms with Gasteiger partial charge >= 0.3 is 0 Å². The van der Waals surface area contributed by atoms with Crippen LogP contribution in [0.5, 0.6) is 0 Å². The summed E-state index contributed by atoms with van der Waals surface area (Å²) in [5, 5.41) is 2.89. The van der Waals surface area contributed by atoms with E-state index in [2.05, 4.69) is 25.7 Å². The SMILES string of the molecule is C=C(C)CCC(CC(=O)C(CC(=O)C(CCCCC)CC(=O)C(C)CCCCNC(=O)CCC(=O)CCC)Cc1ccccc1)C(=O)CC(Cc1ccccc1)C(=O)CC(CCC(C)C)C(=O)CC(Cc1ccccc1)C(=O)CC(CCCCC)C(=O)CC(Cc1ccccc1)C(=O)CCC(=O)CC(CC)C(C)=O. The Morgan fingerprint density at radius 3 is 1.03 bits per heavy atom. The molecule has 0 spiro atoms. The minimum Gasteiger partial charge on any atom is -0.356 e. The van der Waals surface area contributed by atoms with Gasteiger partial charge in [-0.05, 0) is 125 Å². The van der Waals surface area contributed by atoms with Crippen LogP contribution in [0.3, 0.4) is 0 Å². The maximum atomic E-state index is 15.5. The van der Waals surface area contributed by atoms with E-state index in [1.54, 1.807) is 0 Å². The van der Waals surface area contributed by atoms with Crippen LogP contribution in [0.25, 0.3) is 0 Å². The second-order valence-electron chi connectivity index (χ2n) is 32.1. The molecule has 0 saturated carbocycles. The van der Waals surface area contributed by atoms with Crippen LogP contribution in [0.2, 0.25) is 0 Å². The second-order valence-corrected chi connectivity index (χ2v) is 32.1. The molecule has 0 bridgehead atoms. The van der Waals surface area contributed by atoms with Gasteiger partial charge in [-0.15, -0.1) is 6.58 Å². The molecule has 0 aliphatic rings. The molecule has 4 rings (SSSR count). The highest BCUT2D eigenvalue weighted by Crippen LogP contribution is 2.33. The summed E-state index contributed by atoms with van der Waals surface area (Å²) >= 11 is 0. The molecule has 14 nitrogen and oxygen atoms in total. The van der Waals surface area contributed by atoms with Crippen LogP contribution < -0.4 is 5.32 Å². The molecule has 1 amide bonds. The predicted molar refractivity (Wildman–Crippen MR) is 435 cm³/mol. The molecule has 10 unspecified atom stereocenters. The Labute approximate surface area is 653 Å². The first-order valence-corrected chi connectivity index (χ1v) is 41.6. The van der Waals surface area contributed by atoms with E-state index in [9.17, 15) is 38.4 Å². The highest BCUT2D eigenvalue weighted by Gasteiger charge is 2.37. The van der Waals surface area contributed by atoms with Gasteiger partial charge in [0.05, 0.1) is 0 Å². The topological polar surface area (TPSA) is 234 Å². The minimum absolute atomic E-state index is 0.0242. The van der Waals surface area contributed by atoms with Crippen molar-refractivity contribution in [1.82, 2.24) is 5.32 Å². The van der Waals surface area contributed by atoms with Gasteiger partial charge in [0.15, 0.2) is 0 Å². The van der Waals surface area contributed by atoms with Gasteiger partial charge < -0.3 is 5.32 Å². The van der Waals surface area contributed by atoms with Gasteiger partial charge in [-0.3, -0.25) is 62.3 Å². The van der Waals surface area contributed by atoms with E-state index in [0.717, 1.165) is 66.4 Å².